The van der Waals surface area contributed by atoms with E-state index in [1.165, 1.54) is 5.57 Å². The van der Waals surface area contributed by atoms with E-state index in [0.29, 0.717) is 0 Å². The van der Waals surface area contributed by atoms with Gasteiger partial charge in [0.05, 0.1) is 5.69 Å². The first-order valence-electron chi connectivity index (χ1n) is 3.90. The number of H-pyrrole nitrogens is 1. The average Bonchev–Trinajstić information content (AvgIpc) is 2.28. The van der Waals surface area contributed by atoms with Gasteiger partial charge < -0.3 is 4.98 Å². The predicted octanol–water partition coefficient (Wildman–Crippen LogP) is 2.69. The summed E-state index contributed by atoms with van der Waals surface area (Å²) in [5, 5.41) is 0.994. The van der Waals surface area contributed by atoms with Crippen molar-refractivity contribution in [1.29, 1.82) is 0 Å². The third-order valence-electron chi connectivity index (χ3n) is 1.56. The smallest absolute Gasteiger partial charge is 0.166 e. The molecule has 0 aliphatic rings. The normalized spacial score (nSPS) is 10.2. The Hall–Kier alpha value is -0.700. The number of rotatable bonds is 3. The molecule has 1 rings (SSSR count). The minimum atomic E-state index is 0.937. The van der Waals surface area contributed by atoms with E-state index in [0.717, 1.165) is 22.3 Å². The molecule has 0 spiro atoms. The molecule has 0 amide bonds. The molecule has 0 aromatic carbocycles. The van der Waals surface area contributed by atoms with E-state index in [9.17, 15) is 0 Å². The van der Waals surface area contributed by atoms with E-state index < -0.39 is 0 Å². The minimum absolute atomic E-state index is 0.937. The Balaban J connectivity index is 2.58. The van der Waals surface area contributed by atoms with E-state index in [4.69, 9.17) is 0 Å². The largest absolute Gasteiger partial charge is 0.337 e. The van der Waals surface area contributed by atoms with Crippen LogP contribution in [0.25, 0.3) is 0 Å². The van der Waals surface area contributed by atoms with Crippen molar-refractivity contribution >= 4 is 11.8 Å². The van der Waals surface area contributed by atoms with Crippen molar-refractivity contribution in [3.8, 4) is 0 Å². The number of thioether (sulfide) groups is 1. The summed E-state index contributed by atoms with van der Waals surface area (Å²) >= 11 is 1.70. The standard InChI is InChI=1S/C9H14N2S/c1-6(2)5-12-9-10-7(3)8(4)11-9/h1,5H2,2-4H3,(H,10,11). The summed E-state index contributed by atoms with van der Waals surface area (Å²) in [5.74, 6) is 0.937. The van der Waals surface area contributed by atoms with Gasteiger partial charge in [0.1, 0.15) is 0 Å². The molecule has 1 aromatic rings. The first-order chi connectivity index (χ1) is 5.59. The van der Waals surface area contributed by atoms with Crippen molar-refractivity contribution in [2.45, 2.75) is 25.9 Å². The molecule has 1 aromatic heterocycles. The highest BCUT2D eigenvalue weighted by molar-refractivity contribution is 7.99. The highest BCUT2D eigenvalue weighted by atomic mass is 32.2. The molecule has 3 heteroatoms. The summed E-state index contributed by atoms with van der Waals surface area (Å²) in [4.78, 5) is 7.56. The van der Waals surface area contributed by atoms with Gasteiger partial charge in [0.15, 0.2) is 5.16 Å². The molecular weight excluding hydrogens is 168 g/mol. The Labute approximate surface area is 77.5 Å². The molecule has 0 fully saturated rings. The molecule has 1 heterocycles. The van der Waals surface area contributed by atoms with Crippen LogP contribution in [0.2, 0.25) is 0 Å². The lowest BCUT2D eigenvalue weighted by Crippen LogP contribution is -1.81. The van der Waals surface area contributed by atoms with E-state index in [2.05, 4.69) is 16.5 Å². The van der Waals surface area contributed by atoms with Crippen LogP contribution >= 0.6 is 11.8 Å². The molecule has 0 bridgehead atoms. The molecule has 12 heavy (non-hydrogen) atoms. The zero-order chi connectivity index (χ0) is 9.14. The van der Waals surface area contributed by atoms with Gasteiger partial charge in [-0.1, -0.05) is 23.9 Å². The maximum absolute atomic E-state index is 4.35. The van der Waals surface area contributed by atoms with Crippen LogP contribution in [0.15, 0.2) is 17.3 Å². The van der Waals surface area contributed by atoms with Crippen molar-refractivity contribution in [3.05, 3.63) is 23.5 Å². The molecular formula is C9H14N2S. The Morgan fingerprint density at radius 3 is 2.67 bits per heavy atom. The SMILES string of the molecule is C=C(C)CSc1nc(C)c(C)[nH]1. The lowest BCUT2D eigenvalue weighted by Gasteiger charge is -1.94. The highest BCUT2D eigenvalue weighted by Gasteiger charge is 2.01. The second-order valence-electron chi connectivity index (χ2n) is 3.00. The average molecular weight is 182 g/mol. The van der Waals surface area contributed by atoms with Crippen molar-refractivity contribution in [1.82, 2.24) is 9.97 Å². The monoisotopic (exact) mass is 182 g/mol. The van der Waals surface area contributed by atoms with Crippen LogP contribution in [0, 0.1) is 13.8 Å². The molecule has 66 valence electrons. The quantitative estimate of drug-likeness (QED) is 0.575. The van der Waals surface area contributed by atoms with Crippen LogP contribution in [-0.2, 0) is 0 Å². The topological polar surface area (TPSA) is 28.7 Å². The minimum Gasteiger partial charge on any atom is -0.337 e. The summed E-state index contributed by atoms with van der Waals surface area (Å²) in [7, 11) is 0. The van der Waals surface area contributed by atoms with E-state index in [1.807, 2.05) is 20.8 Å². The summed E-state index contributed by atoms with van der Waals surface area (Å²) in [6.45, 7) is 9.91. The lowest BCUT2D eigenvalue weighted by atomic mass is 10.4. The van der Waals surface area contributed by atoms with E-state index in [-0.39, 0.29) is 0 Å². The molecule has 1 N–H and O–H groups in total. The van der Waals surface area contributed by atoms with Crippen LogP contribution in [0.1, 0.15) is 18.3 Å². The third-order valence-corrected chi connectivity index (χ3v) is 2.67. The Morgan fingerprint density at radius 2 is 2.25 bits per heavy atom. The van der Waals surface area contributed by atoms with Crippen LogP contribution < -0.4 is 0 Å². The number of imidazole rings is 1. The van der Waals surface area contributed by atoms with Crippen molar-refractivity contribution < 1.29 is 0 Å². The van der Waals surface area contributed by atoms with E-state index in [1.54, 1.807) is 11.8 Å². The number of aromatic amines is 1. The number of aryl methyl sites for hydroxylation is 2. The van der Waals surface area contributed by atoms with Gasteiger partial charge in [-0.2, -0.15) is 0 Å². The zero-order valence-corrected chi connectivity index (χ0v) is 8.59. The number of aromatic nitrogens is 2. The highest BCUT2D eigenvalue weighted by Crippen LogP contribution is 2.17. The molecule has 2 nitrogen and oxygen atoms in total. The second kappa shape index (κ2) is 3.81. The fourth-order valence-corrected chi connectivity index (χ4v) is 1.58. The number of hydrogen-bond acceptors (Lipinski definition) is 2. The molecule has 0 saturated carbocycles. The van der Waals surface area contributed by atoms with Crippen molar-refractivity contribution in [2.75, 3.05) is 5.75 Å². The predicted molar refractivity (Wildman–Crippen MR) is 53.6 cm³/mol. The van der Waals surface area contributed by atoms with Gasteiger partial charge in [-0.15, -0.1) is 0 Å². The first kappa shape index (κ1) is 9.39. The summed E-state index contributed by atoms with van der Waals surface area (Å²) < 4.78 is 0. The van der Waals surface area contributed by atoms with Crippen LogP contribution in [-0.4, -0.2) is 15.7 Å². The van der Waals surface area contributed by atoms with Gasteiger partial charge >= 0.3 is 0 Å². The number of nitrogens with zero attached hydrogens (tertiary/aromatic N) is 1. The maximum atomic E-state index is 4.35. The summed E-state index contributed by atoms with van der Waals surface area (Å²) in [6, 6.07) is 0. The molecule has 0 atom stereocenters. The van der Waals surface area contributed by atoms with Gasteiger partial charge in [0.25, 0.3) is 0 Å². The first-order valence-corrected chi connectivity index (χ1v) is 4.88. The van der Waals surface area contributed by atoms with Crippen LogP contribution in [0.5, 0.6) is 0 Å². The lowest BCUT2D eigenvalue weighted by molar-refractivity contribution is 1.03. The van der Waals surface area contributed by atoms with Gasteiger partial charge in [0.2, 0.25) is 0 Å². The van der Waals surface area contributed by atoms with Gasteiger partial charge in [-0.05, 0) is 20.8 Å². The van der Waals surface area contributed by atoms with E-state index >= 15 is 0 Å². The van der Waals surface area contributed by atoms with Crippen LogP contribution in [0.4, 0.5) is 0 Å². The zero-order valence-electron chi connectivity index (χ0n) is 7.77. The number of nitrogens with one attached hydrogen (secondary N) is 1. The van der Waals surface area contributed by atoms with Crippen molar-refractivity contribution in [3.63, 3.8) is 0 Å². The molecule has 0 aliphatic carbocycles. The molecule has 0 radical (unpaired) electrons. The second-order valence-corrected chi connectivity index (χ2v) is 3.96. The Kier molecular flexibility index (Phi) is 2.98. The number of hydrogen-bond donors (Lipinski definition) is 1. The van der Waals surface area contributed by atoms with Gasteiger partial charge in [-0.25, -0.2) is 4.98 Å². The van der Waals surface area contributed by atoms with Gasteiger partial charge in [-0.3, -0.25) is 0 Å². The maximum Gasteiger partial charge on any atom is 0.166 e. The van der Waals surface area contributed by atoms with Crippen molar-refractivity contribution in [2.24, 2.45) is 0 Å². The molecule has 0 unspecified atom stereocenters. The fourth-order valence-electron chi connectivity index (χ4n) is 0.775. The summed E-state index contributed by atoms with van der Waals surface area (Å²) in [6.07, 6.45) is 0. The third kappa shape index (κ3) is 2.41. The summed E-state index contributed by atoms with van der Waals surface area (Å²) in [5.41, 5.74) is 3.41. The van der Waals surface area contributed by atoms with Gasteiger partial charge in [0, 0.05) is 11.4 Å². The Morgan fingerprint density at radius 1 is 1.58 bits per heavy atom. The Bertz CT molecular complexity index is 269. The van der Waals surface area contributed by atoms with Crippen LogP contribution in [0.3, 0.4) is 0 Å². The molecule has 0 aliphatic heterocycles. The molecule has 0 saturated heterocycles. The fraction of sp³-hybridized carbons (Fsp3) is 0.444.